The lowest BCUT2D eigenvalue weighted by atomic mass is 9.46. The normalized spacial score (nSPS) is 30.0. The van der Waals surface area contributed by atoms with Crippen molar-refractivity contribution in [3.8, 4) is 0 Å². The molecule has 202 valence electrons. The number of methoxy groups -OCH3 is 2. The zero-order valence-corrected chi connectivity index (χ0v) is 22.1. The van der Waals surface area contributed by atoms with Crippen LogP contribution in [0.2, 0.25) is 0 Å². The van der Waals surface area contributed by atoms with Crippen molar-refractivity contribution >= 4 is 29.4 Å². The van der Waals surface area contributed by atoms with Crippen LogP contribution >= 0.6 is 0 Å². The summed E-state index contributed by atoms with van der Waals surface area (Å²) in [5, 5.41) is 0. The number of esters is 2. The van der Waals surface area contributed by atoms with Gasteiger partial charge in [-0.3, -0.25) is 19.2 Å². The van der Waals surface area contributed by atoms with Crippen LogP contribution in [0.5, 0.6) is 0 Å². The Hall–Kier alpha value is -3.78. The first-order valence-electron chi connectivity index (χ1n) is 13.3. The average Bonchev–Trinajstić information content (AvgIpc) is 3.46. The molecule has 4 atom stereocenters. The molecular formula is C31H31NO7. The van der Waals surface area contributed by atoms with E-state index in [1.165, 1.54) is 19.1 Å². The second-order valence-corrected chi connectivity index (χ2v) is 11.3. The fourth-order valence-electron chi connectivity index (χ4n) is 7.78. The van der Waals surface area contributed by atoms with Crippen LogP contribution in [-0.4, -0.2) is 44.6 Å². The van der Waals surface area contributed by atoms with Crippen molar-refractivity contribution < 1.29 is 33.4 Å². The lowest BCUT2D eigenvalue weighted by molar-refractivity contribution is -0.170. The van der Waals surface area contributed by atoms with E-state index in [0.717, 1.165) is 11.1 Å². The molecule has 4 aliphatic carbocycles. The number of hydrogen-bond acceptors (Lipinski definition) is 7. The van der Waals surface area contributed by atoms with Gasteiger partial charge in [-0.2, -0.15) is 0 Å². The van der Waals surface area contributed by atoms with Gasteiger partial charge in [0.2, 0.25) is 11.8 Å². The third-order valence-electron chi connectivity index (χ3n) is 9.42. The fourth-order valence-corrected chi connectivity index (χ4v) is 7.78. The highest BCUT2D eigenvalue weighted by Gasteiger charge is 2.75. The van der Waals surface area contributed by atoms with Crippen LogP contribution in [0.25, 0.3) is 0 Å². The summed E-state index contributed by atoms with van der Waals surface area (Å²) in [6.07, 6.45) is 3.40. The number of anilines is 1. The van der Waals surface area contributed by atoms with Gasteiger partial charge in [0.05, 0.1) is 45.0 Å². The molecule has 39 heavy (non-hydrogen) atoms. The number of ether oxygens (including phenoxy) is 3. The maximum Gasteiger partial charge on any atom is 0.323 e. The second kappa shape index (κ2) is 9.16. The average molecular weight is 530 g/mol. The van der Waals surface area contributed by atoms with Gasteiger partial charge in [0.1, 0.15) is 0 Å². The van der Waals surface area contributed by atoms with Crippen LogP contribution in [0.3, 0.4) is 0 Å². The van der Waals surface area contributed by atoms with E-state index in [0.29, 0.717) is 25.1 Å². The van der Waals surface area contributed by atoms with E-state index in [1.807, 2.05) is 36.4 Å². The summed E-state index contributed by atoms with van der Waals surface area (Å²) in [5.74, 6) is -3.28. The molecule has 2 amide bonds. The largest absolute Gasteiger partial charge is 0.468 e. The van der Waals surface area contributed by atoms with E-state index >= 15 is 0 Å². The van der Waals surface area contributed by atoms with Crippen molar-refractivity contribution in [2.24, 2.45) is 28.1 Å². The highest BCUT2D eigenvalue weighted by molar-refractivity contribution is 6.23. The van der Waals surface area contributed by atoms with Gasteiger partial charge in [-0.15, -0.1) is 0 Å². The Balaban J connectivity index is 1.45. The fraction of sp³-hybridized carbons (Fsp3) is 0.419. The van der Waals surface area contributed by atoms with E-state index in [1.54, 1.807) is 24.3 Å². The minimum absolute atomic E-state index is 0.0783. The standard InChI is InChI=1S/C31H31NO7/c1-37-27(35)31(28(36)38-2)16-21-15-29(19-39-17-20-9-5-3-6-10-20)13-14-30(21,18-31)24-23(29)25(33)32(26(24)34)22-11-7-4-8-12-22/h3-12,15,23-24H,13-14,16-19H2,1-2H3/t23-,24+,29+,30+/m1/s1. The van der Waals surface area contributed by atoms with Crippen LogP contribution in [0.4, 0.5) is 5.69 Å². The molecule has 1 spiro atoms. The molecular weight excluding hydrogens is 498 g/mol. The lowest BCUT2D eigenvalue weighted by Gasteiger charge is -2.55. The van der Waals surface area contributed by atoms with Crippen molar-refractivity contribution in [3.63, 3.8) is 0 Å². The highest BCUT2D eigenvalue weighted by atomic mass is 16.5. The van der Waals surface area contributed by atoms with Gasteiger partial charge in [0.25, 0.3) is 0 Å². The van der Waals surface area contributed by atoms with Crippen molar-refractivity contribution in [1.82, 2.24) is 0 Å². The third-order valence-corrected chi connectivity index (χ3v) is 9.42. The van der Waals surface area contributed by atoms with Gasteiger partial charge >= 0.3 is 11.9 Å². The minimum Gasteiger partial charge on any atom is -0.468 e. The minimum atomic E-state index is -1.56. The Kier molecular flexibility index (Phi) is 5.99. The van der Waals surface area contributed by atoms with Gasteiger partial charge in [0.15, 0.2) is 5.41 Å². The van der Waals surface area contributed by atoms with Gasteiger partial charge in [-0.05, 0) is 43.4 Å². The first-order chi connectivity index (χ1) is 18.8. The summed E-state index contributed by atoms with van der Waals surface area (Å²) in [7, 11) is 2.50. The summed E-state index contributed by atoms with van der Waals surface area (Å²) in [4.78, 5) is 55.9. The number of benzene rings is 2. The van der Waals surface area contributed by atoms with Crippen LogP contribution in [0.15, 0.2) is 72.3 Å². The summed E-state index contributed by atoms with van der Waals surface area (Å²) >= 11 is 0. The summed E-state index contributed by atoms with van der Waals surface area (Å²) < 4.78 is 16.4. The Morgan fingerprint density at radius 1 is 0.872 bits per heavy atom. The van der Waals surface area contributed by atoms with Crippen LogP contribution < -0.4 is 4.90 Å². The number of carbonyl (C=O) groups excluding carboxylic acids is 4. The molecule has 3 fully saturated rings. The second-order valence-electron chi connectivity index (χ2n) is 11.3. The number of fused-ring (bicyclic) bond motifs is 1. The lowest BCUT2D eigenvalue weighted by Crippen LogP contribution is -2.55. The number of rotatable bonds is 7. The predicted molar refractivity (Wildman–Crippen MR) is 140 cm³/mol. The number of amides is 2. The van der Waals surface area contributed by atoms with E-state index in [9.17, 15) is 19.2 Å². The van der Waals surface area contributed by atoms with Crippen molar-refractivity contribution in [1.29, 1.82) is 0 Å². The molecule has 2 saturated carbocycles. The van der Waals surface area contributed by atoms with Gasteiger partial charge in [-0.25, -0.2) is 4.90 Å². The van der Waals surface area contributed by atoms with Crippen molar-refractivity contribution in [2.45, 2.75) is 32.3 Å². The predicted octanol–water partition coefficient (Wildman–Crippen LogP) is 3.84. The molecule has 8 heteroatoms. The third kappa shape index (κ3) is 3.54. The quantitative estimate of drug-likeness (QED) is 0.233. The van der Waals surface area contributed by atoms with E-state index in [4.69, 9.17) is 14.2 Å². The number of carbonyl (C=O) groups is 4. The Bertz CT molecular complexity index is 1350. The maximum absolute atomic E-state index is 14.2. The monoisotopic (exact) mass is 529 g/mol. The molecule has 1 saturated heterocycles. The molecule has 1 aliphatic heterocycles. The first kappa shape index (κ1) is 25.5. The molecule has 5 aliphatic rings. The van der Waals surface area contributed by atoms with E-state index < -0.39 is 40.0 Å². The zero-order valence-electron chi connectivity index (χ0n) is 22.1. The SMILES string of the molecule is COC(=O)C1(C(=O)OC)CC2=C[C@]3(COCc4ccccc4)CC[C@@]2(C1)[C@@H]1C(=O)N(c2ccccc2)C(=O)[C@@H]13. The Morgan fingerprint density at radius 2 is 1.49 bits per heavy atom. The van der Waals surface area contributed by atoms with Crippen molar-refractivity contribution in [3.05, 3.63) is 77.9 Å². The van der Waals surface area contributed by atoms with Crippen LogP contribution in [0, 0.1) is 28.1 Å². The molecule has 0 unspecified atom stereocenters. The Morgan fingerprint density at radius 3 is 2.13 bits per heavy atom. The molecule has 2 aromatic carbocycles. The van der Waals surface area contributed by atoms with Crippen LogP contribution in [-0.2, 0) is 40.0 Å². The van der Waals surface area contributed by atoms with Gasteiger partial charge < -0.3 is 14.2 Å². The van der Waals surface area contributed by atoms with E-state index in [-0.39, 0.29) is 31.3 Å². The van der Waals surface area contributed by atoms with Gasteiger partial charge in [0, 0.05) is 10.8 Å². The zero-order chi connectivity index (χ0) is 27.4. The summed E-state index contributed by atoms with van der Waals surface area (Å²) in [6.45, 7) is 0.612. The number of nitrogens with zero attached hydrogens (tertiary/aromatic N) is 1. The Labute approximate surface area is 226 Å². The van der Waals surface area contributed by atoms with Crippen LogP contribution in [0.1, 0.15) is 31.2 Å². The molecule has 2 aromatic rings. The molecule has 7 rings (SSSR count). The molecule has 2 bridgehead atoms. The topological polar surface area (TPSA) is 99.2 Å². The summed E-state index contributed by atoms with van der Waals surface area (Å²) in [6, 6.07) is 18.7. The molecule has 8 nitrogen and oxygen atoms in total. The molecule has 0 radical (unpaired) electrons. The first-order valence-corrected chi connectivity index (χ1v) is 13.3. The van der Waals surface area contributed by atoms with E-state index in [2.05, 4.69) is 6.08 Å². The number of imide groups is 1. The molecule has 0 aromatic heterocycles. The maximum atomic E-state index is 14.2. The number of allylic oxidation sites excluding steroid dienone is 1. The van der Waals surface area contributed by atoms with Gasteiger partial charge in [-0.1, -0.05) is 60.2 Å². The highest BCUT2D eigenvalue weighted by Crippen LogP contribution is 2.72. The molecule has 1 heterocycles. The van der Waals surface area contributed by atoms with Crippen molar-refractivity contribution in [2.75, 3.05) is 25.7 Å². The summed E-state index contributed by atoms with van der Waals surface area (Å²) in [5.41, 5.74) is -0.737. The number of hydrogen-bond donors (Lipinski definition) is 0. The number of para-hydroxylation sites is 1. The molecule has 0 N–H and O–H groups in total. The smallest absolute Gasteiger partial charge is 0.323 e.